The average Bonchev–Trinajstić information content (AvgIpc) is 3.44. The summed E-state index contributed by atoms with van der Waals surface area (Å²) in [6, 6.07) is 8.39. The lowest BCUT2D eigenvalue weighted by atomic mass is 9.91. The van der Waals surface area contributed by atoms with Gasteiger partial charge in [-0.1, -0.05) is 32.8 Å². The fourth-order valence-electron chi connectivity index (χ4n) is 6.42. The molecular weight excluding hydrogens is 498 g/mol. The van der Waals surface area contributed by atoms with Crippen molar-refractivity contribution >= 4 is 22.6 Å². The van der Waals surface area contributed by atoms with E-state index in [-0.39, 0.29) is 23.3 Å². The molecule has 2 aromatic heterocycles. The number of aryl methyl sites for hydroxylation is 2. The smallest absolute Gasteiger partial charge is 0.224 e. The number of Topliss-reactive ketones (excluding diaryl/α,β-unsaturated/α-hetero) is 1. The number of fused-ring (bicyclic) bond motifs is 1. The molecule has 5 rings (SSSR count). The Morgan fingerprint density at radius 1 is 1.15 bits per heavy atom. The van der Waals surface area contributed by atoms with Gasteiger partial charge in [-0.15, -0.1) is 0 Å². The van der Waals surface area contributed by atoms with Crippen LogP contribution in [-0.4, -0.2) is 51.7 Å². The summed E-state index contributed by atoms with van der Waals surface area (Å²) >= 11 is 0. The number of carbonyl (C=O) groups excluding carboxylic acids is 2. The second-order valence-electron chi connectivity index (χ2n) is 12.2. The van der Waals surface area contributed by atoms with Gasteiger partial charge in [-0.05, 0) is 94.8 Å². The third-order valence-corrected chi connectivity index (χ3v) is 9.30. The van der Waals surface area contributed by atoms with Crippen LogP contribution in [0.15, 0.2) is 30.5 Å². The number of piperidine rings is 1. The molecule has 1 amide bonds. The zero-order chi connectivity index (χ0) is 28.3. The van der Waals surface area contributed by atoms with E-state index < -0.39 is 0 Å². The van der Waals surface area contributed by atoms with Gasteiger partial charge in [-0.2, -0.15) is 0 Å². The minimum Gasteiger partial charge on any atom is -0.346 e. The van der Waals surface area contributed by atoms with Crippen molar-refractivity contribution in [3.05, 3.63) is 47.5 Å². The predicted molar refractivity (Wildman–Crippen MR) is 160 cm³/mol. The van der Waals surface area contributed by atoms with Crippen molar-refractivity contribution in [1.29, 1.82) is 0 Å². The molecule has 40 heavy (non-hydrogen) atoms. The number of hydrogen-bond acceptors (Lipinski definition) is 5. The van der Waals surface area contributed by atoms with Gasteiger partial charge in [0.1, 0.15) is 11.6 Å². The number of nitrogens with zero attached hydrogens (tertiary/aromatic N) is 3. The molecule has 1 aromatic carbocycles. The second kappa shape index (κ2) is 12.2. The van der Waals surface area contributed by atoms with Crippen LogP contribution in [0.25, 0.3) is 22.2 Å². The first-order valence-corrected chi connectivity index (χ1v) is 15.3. The van der Waals surface area contributed by atoms with Gasteiger partial charge in [0, 0.05) is 35.4 Å². The van der Waals surface area contributed by atoms with Crippen LogP contribution in [0.2, 0.25) is 0 Å². The van der Waals surface area contributed by atoms with Crippen molar-refractivity contribution in [3.63, 3.8) is 0 Å². The third kappa shape index (κ3) is 6.30. The van der Waals surface area contributed by atoms with Gasteiger partial charge in [0.2, 0.25) is 5.91 Å². The van der Waals surface area contributed by atoms with Crippen molar-refractivity contribution in [2.45, 2.75) is 91.0 Å². The molecule has 1 aliphatic carbocycles. The Kier molecular flexibility index (Phi) is 8.69. The van der Waals surface area contributed by atoms with Gasteiger partial charge < -0.3 is 15.2 Å². The van der Waals surface area contributed by atoms with E-state index in [2.05, 4.69) is 47.4 Å². The van der Waals surface area contributed by atoms with E-state index in [9.17, 15) is 9.59 Å². The van der Waals surface area contributed by atoms with Gasteiger partial charge in [0.15, 0.2) is 0 Å². The van der Waals surface area contributed by atoms with E-state index in [1.807, 2.05) is 26.1 Å². The Labute approximate surface area is 238 Å². The summed E-state index contributed by atoms with van der Waals surface area (Å²) in [5.41, 5.74) is 5.56. The number of likely N-dealkylation sites (tertiary alicyclic amines) is 1. The summed E-state index contributed by atoms with van der Waals surface area (Å²) in [4.78, 5) is 40.7. The molecule has 1 saturated carbocycles. The van der Waals surface area contributed by atoms with Crippen molar-refractivity contribution < 1.29 is 9.59 Å². The number of ketones is 1. The lowest BCUT2D eigenvalue weighted by molar-refractivity contribution is -0.124. The number of hydrogen-bond donors (Lipinski definition) is 2. The Balaban J connectivity index is 1.33. The minimum absolute atomic E-state index is 0.114. The summed E-state index contributed by atoms with van der Waals surface area (Å²) in [5, 5.41) is 4.50. The molecule has 2 N–H and O–H groups in total. The van der Waals surface area contributed by atoms with Crippen LogP contribution in [0.1, 0.15) is 94.8 Å². The first-order valence-electron chi connectivity index (χ1n) is 15.3. The first kappa shape index (κ1) is 28.5. The van der Waals surface area contributed by atoms with E-state index in [0.717, 1.165) is 98.1 Å². The monoisotopic (exact) mass is 543 g/mol. The van der Waals surface area contributed by atoms with Crippen molar-refractivity contribution in [1.82, 2.24) is 25.2 Å². The number of amides is 1. The first-order chi connectivity index (χ1) is 19.3. The SMILES string of the molecule is CCC(=O)CCCCCC(NC(=O)[C@H]1CC12CCN(C)CC2)c1ncc(-c2cc3ccc(C)nc3cc2CC)[nH]1. The average molecular weight is 544 g/mol. The number of benzene rings is 1. The largest absolute Gasteiger partial charge is 0.346 e. The maximum atomic E-state index is 13.5. The Bertz CT molecular complexity index is 1350. The quantitative estimate of drug-likeness (QED) is 0.261. The van der Waals surface area contributed by atoms with Crippen molar-refractivity contribution in [3.8, 4) is 11.3 Å². The molecule has 2 aliphatic rings. The second-order valence-corrected chi connectivity index (χ2v) is 12.2. The number of rotatable bonds is 12. The van der Waals surface area contributed by atoms with Crippen LogP contribution in [-0.2, 0) is 16.0 Å². The highest BCUT2D eigenvalue weighted by molar-refractivity contribution is 5.86. The summed E-state index contributed by atoms with van der Waals surface area (Å²) in [6.45, 7) is 8.26. The van der Waals surface area contributed by atoms with Gasteiger partial charge in [-0.25, -0.2) is 4.98 Å². The highest BCUT2D eigenvalue weighted by atomic mass is 16.2. The topological polar surface area (TPSA) is 91.0 Å². The Morgan fingerprint density at radius 3 is 2.70 bits per heavy atom. The van der Waals surface area contributed by atoms with Gasteiger partial charge >= 0.3 is 0 Å². The molecule has 0 bridgehead atoms. The molecule has 3 aromatic rings. The molecule has 1 aliphatic heterocycles. The molecule has 7 heteroatoms. The van der Waals surface area contributed by atoms with Crippen LogP contribution in [0.3, 0.4) is 0 Å². The number of aromatic nitrogens is 3. The number of unbranched alkanes of at least 4 members (excludes halogenated alkanes) is 2. The molecule has 1 spiro atoms. The van der Waals surface area contributed by atoms with E-state index in [0.29, 0.717) is 18.6 Å². The summed E-state index contributed by atoms with van der Waals surface area (Å²) in [5.74, 6) is 1.43. The zero-order valence-corrected chi connectivity index (χ0v) is 24.7. The van der Waals surface area contributed by atoms with Gasteiger partial charge in [0.05, 0.1) is 23.4 Å². The Morgan fingerprint density at radius 2 is 1.95 bits per heavy atom. The number of aromatic amines is 1. The van der Waals surface area contributed by atoms with E-state index in [4.69, 9.17) is 9.97 Å². The number of H-pyrrole nitrogens is 1. The molecule has 0 radical (unpaired) electrons. The molecular formula is C33H45N5O2. The van der Waals surface area contributed by atoms with Crippen LogP contribution in [0.5, 0.6) is 0 Å². The highest BCUT2D eigenvalue weighted by Crippen LogP contribution is 2.59. The number of carbonyl (C=O) groups is 2. The van der Waals surface area contributed by atoms with E-state index in [1.165, 1.54) is 5.56 Å². The number of pyridine rings is 1. The maximum Gasteiger partial charge on any atom is 0.224 e. The molecule has 2 atom stereocenters. The van der Waals surface area contributed by atoms with Crippen LogP contribution in [0, 0.1) is 18.3 Å². The lowest BCUT2D eigenvalue weighted by Crippen LogP contribution is -2.36. The molecule has 214 valence electrons. The standard InChI is InChI=1S/C33H45N5O2/c1-5-23-19-29-24(13-12-22(3)35-29)18-26(23)30-21-34-31(36-30)28(11-9-7-8-10-25(39)6-2)37-32(40)27-20-33(27)14-16-38(4)17-15-33/h12-13,18-19,21,27-28H,5-11,14-17,20H2,1-4H3,(H,34,36)(H,37,40)/t27-,28?/m1/s1. The Hall–Kier alpha value is -3.06. The molecule has 1 unspecified atom stereocenters. The third-order valence-electron chi connectivity index (χ3n) is 9.30. The van der Waals surface area contributed by atoms with Gasteiger partial charge in [0.25, 0.3) is 0 Å². The van der Waals surface area contributed by atoms with Gasteiger partial charge in [-0.3, -0.25) is 14.6 Å². The molecule has 7 nitrogen and oxygen atoms in total. The van der Waals surface area contributed by atoms with Crippen LogP contribution >= 0.6 is 0 Å². The lowest BCUT2D eigenvalue weighted by Gasteiger charge is -2.30. The predicted octanol–water partition coefficient (Wildman–Crippen LogP) is 6.31. The van der Waals surface area contributed by atoms with E-state index >= 15 is 0 Å². The maximum absolute atomic E-state index is 13.5. The van der Waals surface area contributed by atoms with Crippen LogP contribution < -0.4 is 5.32 Å². The fraction of sp³-hybridized carbons (Fsp3) is 0.576. The molecule has 2 fully saturated rings. The molecule has 3 heterocycles. The van der Waals surface area contributed by atoms with Crippen molar-refractivity contribution in [2.24, 2.45) is 11.3 Å². The normalized spacial score (nSPS) is 19.1. The summed E-state index contributed by atoms with van der Waals surface area (Å²) in [6.07, 6.45) is 10.9. The molecule has 1 saturated heterocycles. The minimum atomic E-state index is -0.165. The summed E-state index contributed by atoms with van der Waals surface area (Å²) < 4.78 is 0. The number of imidazole rings is 1. The van der Waals surface area contributed by atoms with E-state index in [1.54, 1.807) is 0 Å². The zero-order valence-electron chi connectivity index (χ0n) is 24.7. The van der Waals surface area contributed by atoms with Crippen molar-refractivity contribution in [2.75, 3.05) is 20.1 Å². The van der Waals surface area contributed by atoms with Crippen LogP contribution in [0.4, 0.5) is 0 Å². The fourth-order valence-corrected chi connectivity index (χ4v) is 6.42. The highest BCUT2D eigenvalue weighted by Gasteiger charge is 2.58. The summed E-state index contributed by atoms with van der Waals surface area (Å²) in [7, 11) is 2.17. The number of nitrogens with one attached hydrogen (secondary N) is 2.